The van der Waals surface area contributed by atoms with E-state index in [1.807, 2.05) is 4.72 Å². The van der Waals surface area contributed by atoms with Crippen LogP contribution < -0.4 is 15.2 Å². The maximum Gasteiger partial charge on any atom is 0.422 e. The molecular weight excluding hydrogens is 291 g/mol. The Morgan fingerprint density at radius 1 is 1.50 bits per heavy atom. The molecule has 0 saturated heterocycles. The topological polar surface area (TPSA) is 134 Å². The van der Waals surface area contributed by atoms with Gasteiger partial charge in [0.2, 0.25) is 0 Å². The Kier molecular flexibility index (Phi) is 4.86. The second kappa shape index (κ2) is 6.19. The molecule has 0 atom stereocenters. The Balaban J connectivity index is 2.87. The van der Waals surface area contributed by atoms with E-state index in [2.05, 4.69) is 4.74 Å². The van der Waals surface area contributed by atoms with E-state index in [4.69, 9.17) is 11.1 Å². The van der Waals surface area contributed by atoms with E-state index in [9.17, 15) is 17.6 Å². The van der Waals surface area contributed by atoms with Gasteiger partial charge in [-0.2, -0.15) is 8.42 Å². The second-order valence-electron chi connectivity index (χ2n) is 3.54. The Morgan fingerprint density at radius 3 is 2.65 bits per heavy atom. The van der Waals surface area contributed by atoms with Crippen molar-refractivity contribution in [3.8, 4) is 0 Å². The van der Waals surface area contributed by atoms with Crippen molar-refractivity contribution in [1.29, 1.82) is 5.41 Å². The lowest BCUT2D eigenvalue weighted by Gasteiger charge is -2.10. The molecule has 0 spiro atoms. The molecule has 0 aliphatic carbocycles. The third-order valence-corrected chi connectivity index (χ3v) is 2.94. The Morgan fingerprint density at radius 2 is 2.15 bits per heavy atom. The number of ether oxygens (including phenoxy) is 1. The average molecular weight is 304 g/mol. The molecule has 0 radical (unpaired) electrons. The number of anilines is 1. The summed E-state index contributed by atoms with van der Waals surface area (Å²) in [6.07, 6.45) is -1.18. The van der Waals surface area contributed by atoms with Gasteiger partial charge in [0.1, 0.15) is 11.7 Å². The van der Waals surface area contributed by atoms with Gasteiger partial charge in [-0.15, -0.1) is 0 Å². The smallest absolute Gasteiger partial charge is 0.422 e. The van der Waals surface area contributed by atoms with Gasteiger partial charge in [-0.05, 0) is 25.1 Å². The van der Waals surface area contributed by atoms with Gasteiger partial charge in [0, 0.05) is 5.56 Å². The number of nitrogen functional groups attached to an aromatic ring is 1. The third kappa shape index (κ3) is 4.39. The lowest BCUT2D eigenvalue weighted by Crippen LogP contribution is -2.36. The standard InChI is InChI=1S/C10H13FN4O4S/c1-2-19-10(16)15-20(17,18)14-8-4-3-6(9(12)13)5-7(8)11/h3-5,14H,2H2,1H3,(H3,12,13)(H,15,16). The lowest BCUT2D eigenvalue weighted by atomic mass is 10.2. The van der Waals surface area contributed by atoms with Gasteiger partial charge in [-0.3, -0.25) is 10.1 Å². The quantitative estimate of drug-likeness (QED) is 0.464. The SMILES string of the molecule is CCOC(=O)NS(=O)(=O)Nc1ccc(C(=N)N)cc1F. The van der Waals surface area contributed by atoms with E-state index in [-0.39, 0.29) is 18.0 Å². The van der Waals surface area contributed by atoms with Crippen LogP contribution in [0.1, 0.15) is 12.5 Å². The van der Waals surface area contributed by atoms with Crippen molar-refractivity contribution in [3.63, 3.8) is 0 Å². The fraction of sp³-hybridized carbons (Fsp3) is 0.200. The van der Waals surface area contributed by atoms with Crippen molar-refractivity contribution in [2.75, 3.05) is 11.3 Å². The summed E-state index contributed by atoms with van der Waals surface area (Å²) >= 11 is 0. The number of carbonyl (C=O) groups is 1. The predicted octanol–water partition coefficient (Wildman–Crippen LogP) is 0.513. The first kappa shape index (κ1) is 15.7. The summed E-state index contributed by atoms with van der Waals surface area (Å²) in [5.41, 5.74) is 4.87. The number of rotatable bonds is 5. The second-order valence-corrected chi connectivity index (χ2v) is 4.95. The van der Waals surface area contributed by atoms with Crippen LogP contribution in [-0.2, 0) is 14.9 Å². The van der Waals surface area contributed by atoms with E-state index in [0.29, 0.717) is 0 Å². The van der Waals surface area contributed by atoms with Crippen molar-refractivity contribution < 1.29 is 22.3 Å². The summed E-state index contributed by atoms with van der Waals surface area (Å²) in [6, 6.07) is 3.23. The van der Waals surface area contributed by atoms with Crippen LogP contribution >= 0.6 is 0 Å². The number of benzene rings is 1. The van der Waals surface area contributed by atoms with E-state index in [1.54, 1.807) is 0 Å². The van der Waals surface area contributed by atoms with Gasteiger partial charge in [-0.25, -0.2) is 13.9 Å². The Labute approximate surface area is 114 Å². The maximum absolute atomic E-state index is 13.6. The van der Waals surface area contributed by atoms with E-state index >= 15 is 0 Å². The van der Waals surface area contributed by atoms with Gasteiger partial charge in [0.05, 0.1) is 12.3 Å². The highest BCUT2D eigenvalue weighted by Crippen LogP contribution is 2.16. The molecule has 1 amide bonds. The van der Waals surface area contributed by atoms with Gasteiger partial charge >= 0.3 is 16.3 Å². The number of hydrogen-bond acceptors (Lipinski definition) is 5. The van der Waals surface area contributed by atoms with Crippen LogP contribution in [-0.4, -0.2) is 27.0 Å². The molecule has 0 fully saturated rings. The van der Waals surface area contributed by atoms with Crippen LogP contribution in [0.5, 0.6) is 0 Å². The molecule has 0 saturated carbocycles. The first-order valence-corrected chi connectivity index (χ1v) is 6.84. The zero-order chi connectivity index (χ0) is 15.3. The minimum Gasteiger partial charge on any atom is -0.449 e. The van der Waals surface area contributed by atoms with Gasteiger partial charge in [0.15, 0.2) is 0 Å². The molecule has 1 aromatic carbocycles. The molecule has 5 N–H and O–H groups in total. The highest BCUT2D eigenvalue weighted by atomic mass is 32.2. The zero-order valence-electron chi connectivity index (χ0n) is 10.4. The van der Waals surface area contributed by atoms with Crippen molar-refractivity contribution in [3.05, 3.63) is 29.6 Å². The number of nitrogens with two attached hydrogens (primary N) is 1. The van der Waals surface area contributed by atoms with Crippen LogP contribution in [0.3, 0.4) is 0 Å². The van der Waals surface area contributed by atoms with E-state index in [0.717, 1.165) is 12.1 Å². The lowest BCUT2D eigenvalue weighted by molar-refractivity contribution is 0.159. The fourth-order valence-corrected chi connectivity index (χ4v) is 1.99. The zero-order valence-corrected chi connectivity index (χ0v) is 11.3. The highest BCUT2D eigenvalue weighted by Gasteiger charge is 2.17. The number of halogens is 1. The van der Waals surface area contributed by atoms with Gasteiger partial charge in [-0.1, -0.05) is 0 Å². The van der Waals surface area contributed by atoms with Crippen LogP contribution in [0.2, 0.25) is 0 Å². The summed E-state index contributed by atoms with van der Waals surface area (Å²) < 4.78 is 44.3. The van der Waals surface area contributed by atoms with Crippen LogP contribution in [0, 0.1) is 11.2 Å². The Bertz CT molecular complexity index is 632. The molecule has 8 nitrogen and oxygen atoms in total. The predicted molar refractivity (Wildman–Crippen MR) is 70.1 cm³/mol. The van der Waals surface area contributed by atoms with Crippen LogP contribution in [0.4, 0.5) is 14.9 Å². The van der Waals surface area contributed by atoms with Crippen LogP contribution in [0.25, 0.3) is 0 Å². The molecule has 1 rings (SSSR count). The van der Waals surface area contributed by atoms with Crippen LogP contribution in [0.15, 0.2) is 18.2 Å². The molecule has 0 aromatic heterocycles. The maximum atomic E-state index is 13.6. The molecular formula is C10H13FN4O4S. The normalized spacial score (nSPS) is 10.7. The molecule has 1 aromatic rings. The van der Waals surface area contributed by atoms with Crippen molar-refractivity contribution in [2.24, 2.45) is 5.73 Å². The minimum atomic E-state index is -4.31. The first-order valence-electron chi connectivity index (χ1n) is 5.36. The van der Waals surface area contributed by atoms with Gasteiger partial charge < -0.3 is 10.5 Å². The minimum absolute atomic E-state index is 0.0109. The highest BCUT2D eigenvalue weighted by molar-refractivity contribution is 7.91. The molecule has 20 heavy (non-hydrogen) atoms. The van der Waals surface area contributed by atoms with Gasteiger partial charge in [0.25, 0.3) is 0 Å². The summed E-state index contributed by atoms with van der Waals surface area (Å²) in [5, 5.41) is 7.12. The Hall–Kier alpha value is -2.36. The molecule has 0 heterocycles. The fourth-order valence-electron chi connectivity index (χ4n) is 1.21. The van der Waals surface area contributed by atoms with Crippen molar-refractivity contribution >= 4 is 27.8 Å². The largest absolute Gasteiger partial charge is 0.449 e. The summed E-state index contributed by atoms with van der Waals surface area (Å²) in [7, 11) is -4.31. The number of nitrogens with one attached hydrogen (secondary N) is 3. The summed E-state index contributed by atoms with van der Waals surface area (Å²) in [6.45, 7) is 1.49. The average Bonchev–Trinajstić information content (AvgIpc) is 2.30. The molecule has 10 heteroatoms. The van der Waals surface area contributed by atoms with Crippen molar-refractivity contribution in [2.45, 2.75) is 6.92 Å². The molecule has 110 valence electrons. The summed E-state index contributed by atoms with van der Waals surface area (Å²) in [5.74, 6) is -1.30. The molecule has 0 unspecified atom stereocenters. The number of hydrogen-bond donors (Lipinski definition) is 4. The number of amidine groups is 1. The first-order chi connectivity index (χ1) is 9.25. The number of carbonyl (C=O) groups excluding carboxylic acids is 1. The summed E-state index contributed by atoms with van der Waals surface area (Å²) in [4.78, 5) is 11.0. The monoisotopic (exact) mass is 304 g/mol. The number of amides is 1. The molecule has 0 bridgehead atoms. The molecule has 0 aliphatic heterocycles. The third-order valence-electron chi connectivity index (χ3n) is 2.02. The van der Waals surface area contributed by atoms with Crippen molar-refractivity contribution in [1.82, 2.24) is 4.72 Å². The molecule has 0 aliphatic rings. The van der Waals surface area contributed by atoms with E-state index in [1.165, 1.54) is 17.7 Å². The van der Waals surface area contributed by atoms with E-state index < -0.39 is 27.8 Å².